The summed E-state index contributed by atoms with van der Waals surface area (Å²) in [6.45, 7) is 0.985. The topological polar surface area (TPSA) is 54.0 Å². The first-order valence-electron chi connectivity index (χ1n) is 13.1. The van der Waals surface area contributed by atoms with Crippen molar-refractivity contribution < 1.29 is 23.7 Å². The van der Waals surface area contributed by atoms with Crippen LogP contribution < -0.4 is 14.2 Å². The van der Waals surface area contributed by atoms with E-state index in [1.165, 1.54) is 0 Å². The zero-order valence-corrected chi connectivity index (χ0v) is 22.1. The van der Waals surface area contributed by atoms with Gasteiger partial charge in [0.15, 0.2) is 11.5 Å². The summed E-state index contributed by atoms with van der Waals surface area (Å²) >= 11 is 0. The summed E-state index contributed by atoms with van der Waals surface area (Å²) in [5.41, 5.74) is 4.10. The lowest BCUT2D eigenvalue weighted by Gasteiger charge is -2.20. The van der Waals surface area contributed by atoms with E-state index in [9.17, 15) is 4.79 Å². The smallest absolute Gasteiger partial charge is 0.342 e. The van der Waals surface area contributed by atoms with Crippen LogP contribution in [0.2, 0.25) is 0 Å². The number of rotatable bonds is 12. The Morgan fingerprint density at radius 1 is 0.425 bits per heavy atom. The molecule has 40 heavy (non-hydrogen) atoms. The molecule has 5 rings (SSSR count). The lowest BCUT2D eigenvalue weighted by Crippen LogP contribution is -2.11. The summed E-state index contributed by atoms with van der Waals surface area (Å²) in [6.07, 6.45) is 0. The van der Waals surface area contributed by atoms with Crippen LogP contribution in [0, 0.1) is 0 Å². The van der Waals surface area contributed by atoms with Crippen molar-refractivity contribution in [1.82, 2.24) is 0 Å². The van der Waals surface area contributed by atoms with Crippen LogP contribution in [0.1, 0.15) is 32.6 Å². The zero-order chi connectivity index (χ0) is 27.4. The molecule has 0 N–H and O–H groups in total. The SMILES string of the molecule is O=C(OCc1ccccc1)c1ccc(OCc2ccccc2)c(OCc2ccccc2)c1OCc1ccccc1. The van der Waals surface area contributed by atoms with Gasteiger partial charge in [0.1, 0.15) is 32.0 Å². The number of hydrogen-bond acceptors (Lipinski definition) is 5. The van der Waals surface area contributed by atoms with Gasteiger partial charge in [0, 0.05) is 0 Å². The Balaban J connectivity index is 1.48. The third-order valence-electron chi connectivity index (χ3n) is 6.20. The number of carbonyl (C=O) groups is 1. The molecule has 0 spiro atoms. The van der Waals surface area contributed by atoms with E-state index < -0.39 is 5.97 Å². The molecule has 0 atom stereocenters. The molecule has 0 bridgehead atoms. The largest absolute Gasteiger partial charge is 0.485 e. The van der Waals surface area contributed by atoms with Crippen molar-refractivity contribution >= 4 is 5.97 Å². The standard InChI is InChI=1S/C35H30O5/c36-35(40-26-30-19-11-4-12-20-30)31-21-22-32(37-23-27-13-5-1-6-14-27)34(39-25-29-17-9-3-10-18-29)33(31)38-24-28-15-7-2-8-16-28/h1-22H,23-26H2. The predicted molar refractivity (Wildman–Crippen MR) is 154 cm³/mol. The molecule has 0 saturated carbocycles. The fraction of sp³-hybridized carbons (Fsp3) is 0.114. The maximum Gasteiger partial charge on any atom is 0.342 e. The van der Waals surface area contributed by atoms with Gasteiger partial charge in [0.2, 0.25) is 5.75 Å². The minimum Gasteiger partial charge on any atom is -0.485 e. The molecular formula is C35H30O5. The normalized spacial score (nSPS) is 10.5. The summed E-state index contributed by atoms with van der Waals surface area (Å²) in [6, 6.07) is 42.4. The molecule has 0 aliphatic carbocycles. The molecular weight excluding hydrogens is 500 g/mol. The quantitative estimate of drug-likeness (QED) is 0.154. The molecule has 0 saturated heterocycles. The Morgan fingerprint density at radius 3 is 1.30 bits per heavy atom. The number of carbonyl (C=O) groups excluding carboxylic acids is 1. The van der Waals surface area contributed by atoms with Crippen LogP contribution >= 0.6 is 0 Å². The molecule has 0 heterocycles. The Labute approximate surface area is 234 Å². The highest BCUT2D eigenvalue weighted by atomic mass is 16.6. The molecule has 5 aromatic carbocycles. The van der Waals surface area contributed by atoms with Gasteiger partial charge in [-0.3, -0.25) is 0 Å². The van der Waals surface area contributed by atoms with Crippen molar-refractivity contribution in [3.63, 3.8) is 0 Å². The fourth-order valence-electron chi connectivity index (χ4n) is 4.09. The van der Waals surface area contributed by atoms with Crippen LogP contribution in [-0.4, -0.2) is 5.97 Å². The lowest BCUT2D eigenvalue weighted by atomic mass is 10.1. The minimum atomic E-state index is -0.508. The first-order valence-corrected chi connectivity index (χ1v) is 13.1. The average Bonchev–Trinajstić information content (AvgIpc) is 3.02. The van der Waals surface area contributed by atoms with E-state index >= 15 is 0 Å². The van der Waals surface area contributed by atoms with Crippen LogP contribution in [0.5, 0.6) is 17.2 Å². The molecule has 200 valence electrons. The Hall–Kier alpha value is -5.03. The van der Waals surface area contributed by atoms with Crippen LogP contribution in [-0.2, 0) is 31.2 Å². The molecule has 0 aliphatic heterocycles. The minimum absolute atomic E-state index is 0.143. The zero-order valence-electron chi connectivity index (χ0n) is 22.1. The number of esters is 1. The third kappa shape index (κ3) is 7.29. The van der Waals surface area contributed by atoms with Gasteiger partial charge in [0.25, 0.3) is 0 Å². The molecule has 5 heteroatoms. The first-order chi connectivity index (χ1) is 19.8. The van der Waals surface area contributed by atoms with Gasteiger partial charge in [-0.2, -0.15) is 0 Å². The van der Waals surface area contributed by atoms with Gasteiger partial charge in [0.05, 0.1) is 0 Å². The van der Waals surface area contributed by atoms with E-state index in [4.69, 9.17) is 18.9 Å². The van der Waals surface area contributed by atoms with Gasteiger partial charge >= 0.3 is 5.97 Å². The Kier molecular flexibility index (Phi) is 9.08. The van der Waals surface area contributed by atoms with Crippen molar-refractivity contribution in [2.45, 2.75) is 26.4 Å². The summed E-state index contributed by atoms with van der Waals surface area (Å²) in [5, 5.41) is 0. The third-order valence-corrected chi connectivity index (χ3v) is 6.20. The molecule has 0 fully saturated rings. The maximum atomic E-state index is 13.4. The fourth-order valence-corrected chi connectivity index (χ4v) is 4.09. The van der Waals surface area contributed by atoms with Crippen molar-refractivity contribution in [1.29, 1.82) is 0 Å². The summed E-state index contributed by atoms with van der Waals surface area (Å²) in [7, 11) is 0. The molecule has 5 aromatic rings. The Bertz CT molecular complexity index is 1490. The second kappa shape index (κ2) is 13.7. The van der Waals surface area contributed by atoms with Gasteiger partial charge in [-0.15, -0.1) is 0 Å². The van der Waals surface area contributed by atoms with Crippen molar-refractivity contribution in [2.24, 2.45) is 0 Å². The summed E-state index contributed by atoms with van der Waals surface area (Å²) in [5.74, 6) is 0.599. The van der Waals surface area contributed by atoms with Crippen LogP contribution in [0.4, 0.5) is 0 Å². The second-order valence-electron chi connectivity index (χ2n) is 9.15. The van der Waals surface area contributed by atoms with Gasteiger partial charge in [-0.25, -0.2) is 4.79 Å². The second-order valence-corrected chi connectivity index (χ2v) is 9.15. The highest BCUT2D eigenvalue weighted by Crippen LogP contribution is 2.42. The number of ether oxygens (including phenoxy) is 4. The van der Waals surface area contributed by atoms with E-state index in [0.29, 0.717) is 18.1 Å². The maximum absolute atomic E-state index is 13.4. The monoisotopic (exact) mass is 530 g/mol. The van der Waals surface area contributed by atoms with Gasteiger partial charge < -0.3 is 18.9 Å². The molecule has 0 aliphatic rings. The predicted octanol–water partition coefficient (Wildman–Crippen LogP) is 7.78. The van der Waals surface area contributed by atoms with E-state index in [1.807, 2.05) is 121 Å². The van der Waals surface area contributed by atoms with E-state index in [2.05, 4.69) is 0 Å². The van der Waals surface area contributed by atoms with E-state index in [1.54, 1.807) is 12.1 Å². The highest BCUT2D eigenvalue weighted by molar-refractivity contribution is 5.94. The first kappa shape index (κ1) is 26.6. The van der Waals surface area contributed by atoms with Crippen LogP contribution in [0.3, 0.4) is 0 Å². The molecule has 0 aromatic heterocycles. The molecule has 0 unspecified atom stereocenters. The van der Waals surface area contributed by atoms with Crippen LogP contribution in [0.15, 0.2) is 133 Å². The number of benzene rings is 5. The van der Waals surface area contributed by atoms with Crippen LogP contribution in [0.25, 0.3) is 0 Å². The molecule has 5 nitrogen and oxygen atoms in total. The van der Waals surface area contributed by atoms with Crippen molar-refractivity contribution in [3.05, 3.63) is 161 Å². The van der Waals surface area contributed by atoms with Crippen molar-refractivity contribution in [2.75, 3.05) is 0 Å². The highest BCUT2D eigenvalue weighted by Gasteiger charge is 2.24. The van der Waals surface area contributed by atoms with Gasteiger partial charge in [-0.1, -0.05) is 121 Å². The number of hydrogen-bond donors (Lipinski definition) is 0. The lowest BCUT2D eigenvalue weighted by molar-refractivity contribution is 0.0466. The van der Waals surface area contributed by atoms with E-state index in [0.717, 1.165) is 22.3 Å². The Morgan fingerprint density at radius 2 is 0.825 bits per heavy atom. The average molecular weight is 531 g/mol. The summed E-state index contributed by atoms with van der Waals surface area (Å²) in [4.78, 5) is 13.4. The summed E-state index contributed by atoms with van der Waals surface area (Å²) < 4.78 is 24.5. The van der Waals surface area contributed by atoms with Crippen molar-refractivity contribution in [3.8, 4) is 17.2 Å². The molecule has 0 amide bonds. The van der Waals surface area contributed by atoms with Gasteiger partial charge in [-0.05, 0) is 34.4 Å². The van der Waals surface area contributed by atoms with E-state index in [-0.39, 0.29) is 31.1 Å². The molecule has 0 radical (unpaired) electrons.